The van der Waals surface area contributed by atoms with E-state index in [1.165, 1.54) is 25.0 Å². The molecule has 0 aliphatic rings. The average molecular weight is 193 g/mol. The van der Waals surface area contributed by atoms with Crippen LogP contribution in [0, 0.1) is 13.8 Å². The molecule has 2 heteroatoms. The van der Waals surface area contributed by atoms with Gasteiger partial charge in [-0.3, -0.25) is 4.79 Å². The molecule has 2 nitrogen and oxygen atoms in total. The molecule has 0 N–H and O–H groups in total. The van der Waals surface area contributed by atoms with Crippen molar-refractivity contribution in [3.8, 4) is 0 Å². The van der Waals surface area contributed by atoms with E-state index >= 15 is 0 Å². The smallest absolute Gasteiger partial charge is 0.151 e. The molecular weight excluding hydrogens is 174 g/mol. The van der Waals surface area contributed by atoms with Gasteiger partial charge in [-0.25, -0.2) is 0 Å². The van der Waals surface area contributed by atoms with E-state index in [1.54, 1.807) is 0 Å². The molecular formula is C12H19NO. The number of hydrogen-bond donors (Lipinski definition) is 0. The largest absolute Gasteiger partial charge is 0.348 e. The normalized spacial score (nSPS) is 10.5. The fourth-order valence-corrected chi connectivity index (χ4v) is 1.81. The van der Waals surface area contributed by atoms with Gasteiger partial charge in [0, 0.05) is 23.5 Å². The van der Waals surface area contributed by atoms with Crippen LogP contribution < -0.4 is 0 Å². The number of carbonyl (C=O) groups excluding carboxylic acids is 1. The summed E-state index contributed by atoms with van der Waals surface area (Å²) < 4.78 is 2.24. The predicted octanol–water partition coefficient (Wildman–Crippen LogP) is 3.11. The molecule has 1 aromatic heterocycles. The minimum atomic E-state index is 0.832. The van der Waals surface area contributed by atoms with Crippen LogP contribution in [0.1, 0.15) is 47.9 Å². The molecule has 0 spiro atoms. The topological polar surface area (TPSA) is 22.0 Å². The first-order valence-electron chi connectivity index (χ1n) is 5.32. The van der Waals surface area contributed by atoms with Crippen molar-refractivity contribution in [2.45, 2.75) is 46.6 Å². The van der Waals surface area contributed by atoms with Gasteiger partial charge < -0.3 is 4.57 Å². The fourth-order valence-electron chi connectivity index (χ4n) is 1.81. The Morgan fingerprint density at radius 3 is 2.57 bits per heavy atom. The number of aldehydes is 1. The lowest BCUT2D eigenvalue weighted by molar-refractivity contribution is 0.112. The molecule has 1 heterocycles. The van der Waals surface area contributed by atoms with Crippen LogP contribution in [-0.4, -0.2) is 10.9 Å². The van der Waals surface area contributed by atoms with Crippen LogP contribution in [0.4, 0.5) is 0 Å². The van der Waals surface area contributed by atoms with E-state index in [4.69, 9.17) is 0 Å². The molecule has 0 aromatic carbocycles. The number of rotatable bonds is 5. The van der Waals surface area contributed by atoms with Crippen molar-refractivity contribution in [1.82, 2.24) is 4.57 Å². The van der Waals surface area contributed by atoms with Crippen molar-refractivity contribution in [3.63, 3.8) is 0 Å². The van der Waals surface area contributed by atoms with E-state index in [1.807, 2.05) is 13.0 Å². The quantitative estimate of drug-likeness (QED) is 0.520. The van der Waals surface area contributed by atoms with Gasteiger partial charge in [-0.05, 0) is 26.3 Å². The van der Waals surface area contributed by atoms with E-state index in [-0.39, 0.29) is 0 Å². The Hall–Kier alpha value is -1.05. The summed E-state index contributed by atoms with van der Waals surface area (Å²) in [5.41, 5.74) is 3.13. The van der Waals surface area contributed by atoms with Gasteiger partial charge in [-0.1, -0.05) is 19.8 Å². The van der Waals surface area contributed by atoms with Crippen LogP contribution in [0.25, 0.3) is 0 Å². The highest BCUT2D eigenvalue weighted by molar-refractivity contribution is 5.77. The lowest BCUT2D eigenvalue weighted by Gasteiger charge is -2.08. The van der Waals surface area contributed by atoms with Crippen molar-refractivity contribution < 1.29 is 4.79 Å². The van der Waals surface area contributed by atoms with Gasteiger partial charge in [0.15, 0.2) is 6.29 Å². The Balaban J connectivity index is 2.75. The lowest BCUT2D eigenvalue weighted by Crippen LogP contribution is -2.02. The minimum Gasteiger partial charge on any atom is -0.348 e. The standard InChI is InChI=1S/C12H19NO/c1-4-5-6-7-13-10(2)8-12(9-14)11(13)3/h8-9H,4-7H2,1-3H3. The highest BCUT2D eigenvalue weighted by atomic mass is 16.1. The maximum absolute atomic E-state index is 10.7. The van der Waals surface area contributed by atoms with Crippen molar-refractivity contribution in [1.29, 1.82) is 0 Å². The Morgan fingerprint density at radius 1 is 1.36 bits per heavy atom. The summed E-state index contributed by atoms with van der Waals surface area (Å²) in [6.07, 6.45) is 4.64. The maximum Gasteiger partial charge on any atom is 0.151 e. The lowest BCUT2D eigenvalue weighted by atomic mass is 10.2. The van der Waals surface area contributed by atoms with Crippen LogP contribution in [0.5, 0.6) is 0 Å². The Morgan fingerprint density at radius 2 is 2.07 bits per heavy atom. The molecule has 1 rings (SSSR count). The van der Waals surface area contributed by atoms with Crippen LogP contribution >= 0.6 is 0 Å². The first-order valence-corrected chi connectivity index (χ1v) is 5.32. The van der Waals surface area contributed by atoms with Gasteiger partial charge in [0.05, 0.1) is 0 Å². The van der Waals surface area contributed by atoms with E-state index < -0.39 is 0 Å². The zero-order valence-corrected chi connectivity index (χ0v) is 9.34. The first kappa shape index (κ1) is 11.0. The highest BCUT2D eigenvalue weighted by Crippen LogP contribution is 2.14. The Kier molecular flexibility index (Phi) is 3.93. The summed E-state index contributed by atoms with van der Waals surface area (Å²) in [7, 11) is 0. The minimum absolute atomic E-state index is 0.832. The van der Waals surface area contributed by atoms with Gasteiger partial charge in [0.2, 0.25) is 0 Å². The van der Waals surface area contributed by atoms with Crippen molar-refractivity contribution in [2.24, 2.45) is 0 Å². The summed E-state index contributed by atoms with van der Waals surface area (Å²) in [6, 6.07) is 1.97. The fraction of sp³-hybridized carbons (Fsp3) is 0.583. The Bertz CT molecular complexity index is 312. The molecule has 0 radical (unpaired) electrons. The SMILES string of the molecule is CCCCCn1c(C)cc(C=O)c1C. The zero-order chi connectivity index (χ0) is 10.6. The van der Waals surface area contributed by atoms with Gasteiger partial charge in [-0.2, -0.15) is 0 Å². The molecule has 0 saturated heterocycles. The third-order valence-corrected chi connectivity index (χ3v) is 2.73. The maximum atomic E-state index is 10.7. The second-order valence-electron chi connectivity index (χ2n) is 3.80. The number of hydrogen-bond acceptors (Lipinski definition) is 1. The van der Waals surface area contributed by atoms with Gasteiger partial charge in [0.25, 0.3) is 0 Å². The second-order valence-corrected chi connectivity index (χ2v) is 3.80. The zero-order valence-electron chi connectivity index (χ0n) is 9.34. The number of aryl methyl sites for hydroxylation is 1. The second kappa shape index (κ2) is 4.99. The third kappa shape index (κ3) is 2.25. The Labute approximate surface area is 85.9 Å². The number of aromatic nitrogens is 1. The van der Waals surface area contributed by atoms with Crippen LogP contribution in [0.15, 0.2) is 6.07 Å². The van der Waals surface area contributed by atoms with E-state index in [9.17, 15) is 4.79 Å². The molecule has 0 amide bonds. The predicted molar refractivity (Wildman–Crippen MR) is 58.8 cm³/mol. The van der Waals surface area contributed by atoms with Crippen molar-refractivity contribution >= 4 is 6.29 Å². The molecule has 0 bridgehead atoms. The van der Waals surface area contributed by atoms with E-state index in [0.717, 1.165) is 24.1 Å². The van der Waals surface area contributed by atoms with E-state index in [2.05, 4.69) is 18.4 Å². The summed E-state index contributed by atoms with van der Waals surface area (Å²) in [5.74, 6) is 0. The molecule has 1 aromatic rings. The van der Waals surface area contributed by atoms with Crippen LogP contribution in [0.2, 0.25) is 0 Å². The van der Waals surface area contributed by atoms with Crippen molar-refractivity contribution in [3.05, 3.63) is 23.0 Å². The molecule has 0 aliphatic carbocycles. The summed E-state index contributed by atoms with van der Waals surface area (Å²) in [4.78, 5) is 10.7. The van der Waals surface area contributed by atoms with Gasteiger partial charge >= 0.3 is 0 Å². The summed E-state index contributed by atoms with van der Waals surface area (Å²) in [6.45, 7) is 7.32. The average Bonchev–Trinajstić information content (AvgIpc) is 2.45. The summed E-state index contributed by atoms with van der Waals surface area (Å²) in [5, 5.41) is 0. The van der Waals surface area contributed by atoms with Crippen molar-refractivity contribution in [2.75, 3.05) is 0 Å². The molecule has 0 unspecified atom stereocenters. The molecule has 14 heavy (non-hydrogen) atoms. The first-order chi connectivity index (χ1) is 6.70. The summed E-state index contributed by atoms with van der Waals surface area (Å²) >= 11 is 0. The third-order valence-electron chi connectivity index (χ3n) is 2.73. The number of unbranched alkanes of at least 4 members (excludes halogenated alkanes) is 2. The van der Waals surface area contributed by atoms with Crippen LogP contribution in [-0.2, 0) is 6.54 Å². The monoisotopic (exact) mass is 193 g/mol. The molecule has 78 valence electrons. The van der Waals surface area contributed by atoms with Crippen LogP contribution in [0.3, 0.4) is 0 Å². The van der Waals surface area contributed by atoms with Gasteiger partial charge in [-0.15, -0.1) is 0 Å². The molecule has 0 atom stereocenters. The number of nitrogens with zero attached hydrogens (tertiary/aromatic N) is 1. The number of carbonyl (C=O) groups is 1. The molecule has 0 saturated carbocycles. The van der Waals surface area contributed by atoms with E-state index in [0.29, 0.717) is 0 Å². The molecule has 0 fully saturated rings. The van der Waals surface area contributed by atoms with Gasteiger partial charge in [0.1, 0.15) is 0 Å². The molecule has 0 aliphatic heterocycles. The highest BCUT2D eigenvalue weighted by Gasteiger charge is 2.06.